The molecule has 1 aromatic carbocycles. The Hall–Kier alpha value is -2.54. The summed E-state index contributed by atoms with van der Waals surface area (Å²) in [6.45, 7) is 5.45. The molecule has 0 saturated carbocycles. The molecule has 2 aromatic rings. The summed E-state index contributed by atoms with van der Waals surface area (Å²) in [6, 6.07) is 7.94. The molecule has 1 aliphatic heterocycles. The van der Waals surface area contributed by atoms with E-state index in [9.17, 15) is 9.18 Å². The Bertz CT molecular complexity index is 742. The molecule has 6 nitrogen and oxygen atoms in total. The highest BCUT2D eigenvalue weighted by molar-refractivity contribution is 5.92. The number of hydrogen-bond donors (Lipinski definition) is 1. The van der Waals surface area contributed by atoms with Crippen molar-refractivity contribution < 1.29 is 9.18 Å². The smallest absolute Gasteiger partial charge is 0.272 e. The first-order chi connectivity index (χ1) is 12.0. The minimum atomic E-state index is -0.268. The normalized spacial score (nSPS) is 15.2. The molecule has 1 aromatic heterocycles. The van der Waals surface area contributed by atoms with Crippen molar-refractivity contribution in [2.24, 2.45) is 0 Å². The van der Waals surface area contributed by atoms with Crippen LogP contribution in [0, 0.1) is 12.7 Å². The van der Waals surface area contributed by atoms with Crippen LogP contribution in [0.3, 0.4) is 0 Å². The number of anilines is 1. The van der Waals surface area contributed by atoms with Crippen molar-refractivity contribution >= 4 is 11.9 Å². The molecule has 2 heterocycles. The molecule has 1 N–H and O–H groups in total. The quantitative estimate of drug-likeness (QED) is 0.919. The molecule has 25 heavy (non-hydrogen) atoms. The fourth-order valence-corrected chi connectivity index (χ4v) is 2.71. The third-order valence-corrected chi connectivity index (χ3v) is 4.23. The summed E-state index contributed by atoms with van der Waals surface area (Å²) in [6.07, 6.45) is 0. The predicted molar refractivity (Wildman–Crippen MR) is 93.9 cm³/mol. The van der Waals surface area contributed by atoms with Crippen LogP contribution in [0.5, 0.6) is 0 Å². The lowest BCUT2D eigenvalue weighted by molar-refractivity contribution is 0.0658. The molecule has 0 spiro atoms. The number of nitrogens with one attached hydrogen (secondary N) is 1. The molecule has 0 radical (unpaired) electrons. The van der Waals surface area contributed by atoms with E-state index in [0.29, 0.717) is 31.3 Å². The Labute approximate surface area is 146 Å². The monoisotopic (exact) mass is 343 g/mol. The summed E-state index contributed by atoms with van der Waals surface area (Å²) in [5.41, 5.74) is 2.05. The number of hydrogen-bond acceptors (Lipinski definition) is 5. The molecular weight excluding hydrogens is 321 g/mol. The van der Waals surface area contributed by atoms with Gasteiger partial charge in [0.2, 0.25) is 5.95 Å². The van der Waals surface area contributed by atoms with Crippen molar-refractivity contribution in [3.63, 3.8) is 0 Å². The number of piperazine rings is 1. The van der Waals surface area contributed by atoms with Crippen LogP contribution in [0.15, 0.2) is 30.3 Å². The number of likely N-dealkylation sites (N-methyl/N-ethyl adjacent to an activating group) is 1. The first-order valence-electron chi connectivity index (χ1n) is 8.33. The highest BCUT2D eigenvalue weighted by atomic mass is 19.1. The molecule has 0 bridgehead atoms. The van der Waals surface area contributed by atoms with Crippen molar-refractivity contribution in [2.75, 3.05) is 38.5 Å². The van der Waals surface area contributed by atoms with Crippen LogP contribution in [-0.4, -0.2) is 58.9 Å². The van der Waals surface area contributed by atoms with Gasteiger partial charge in [-0.2, -0.15) is 0 Å². The van der Waals surface area contributed by atoms with Crippen LogP contribution in [0.25, 0.3) is 0 Å². The van der Waals surface area contributed by atoms with Crippen LogP contribution in [0.1, 0.15) is 21.7 Å². The van der Waals surface area contributed by atoms with Gasteiger partial charge >= 0.3 is 0 Å². The lowest BCUT2D eigenvalue weighted by Gasteiger charge is -2.32. The SMILES string of the molecule is Cc1cc(C(=O)N2CCN(C)CC2)nc(NCc2ccc(F)cc2)n1. The summed E-state index contributed by atoms with van der Waals surface area (Å²) in [7, 11) is 2.05. The molecule has 0 unspecified atom stereocenters. The number of benzene rings is 1. The molecular formula is C18H22FN5O. The number of halogens is 1. The second-order valence-electron chi connectivity index (χ2n) is 6.29. The van der Waals surface area contributed by atoms with Crippen LogP contribution < -0.4 is 5.32 Å². The standard InChI is InChI=1S/C18H22FN5O/c1-13-11-16(17(25)24-9-7-23(2)8-10-24)22-18(21-13)20-12-14-3-5-15(19)6-4-14/h3-6,11H,7-10,12H2,1-2H3,(H,20,21,22). The molecule has 1 amide bonds. The number of rotatable bonds is 4. The Kier molecular flexibility index (Phi) is 5.23. The largest absolute Gasteiger partial charge is 0.350 e. The number of aromatic nitrogens is 2. The van der Waals surface area contributed by atoms with Crippen LogP contribution in [0.2, 0.25) is 0 Å². The van der Waals surface area contributed by atoms with Gasteiger partial charge < -0.3 is 15.1 Å². The Morgan fingerprint density at radius 1 is 1.16 bits per heavy atom. The molecule has 7 heteroatoms. The summed E-state index contributed by atoms with van der Waals surface area (Å²) >= 11 is 0. The van der Waals surface area contributed by atoms with Gasteiger partial charge in [0, 0.05) is 38.4 Å². The molecule has 132 valence electrons. The average molecular weight is 343 g/mol. The molecule has 1 fully saturated rings. The van der Waals surface area contributed by atoms with Crippen LogP contribution in [-0.2, 0) is 6.54 Å². The summed E-state index contributed by atoms with van der Waals surface area (Å²) in [4.78, 5) is 25.4. The van der Waals surface area contributed by atoms with Gasteiger partial charge in [0.15, 0.2) is 0 Å². The van der Waals surface area contributed by atoms with Gasteiger partial charge in [0.1, 0.15) is 11.5 Å². The molecule has 1 aliphatic rings. The third kappa shape index (κ3) is 4.51. The Balaban J connectivity index is 1.69. The zero-order valence-electron chi connectivity index (χ0n) is 14.5. The highest BCUT2D eigenvalue weighted by Crippen LogP contribution is 2.11. The predicted octanol–water partition coefficient (Wildman–Crippen LogP) is 1.92. The summed E-state index contributed by atoms with van der Waals surface area (Å²) in [5, 5.41) is 3.10. The zero-order valence-corrected chi connectivity index (χ0v) is 14.5. The van der Waals surface area contributed by atoms with E-state index < -0.39 is 0 Å². The fraction of sp³-hybridized carbons (Fsp3) is 0.389. The number of amides is 1. The maximum Gasteiger partial charge on any atom is 0.272 e. The van der Waals surface area contributed by atoms with E-state index in [0.717, 1.165) is 24.3 Å². The summed E-state index contributed by atoms with van der Waals surface area (Å²) in [5.74, 6) is 0.0702. The van der Waals surface area contributed by atoms with E-state index in [1.54, 1.807) is 18.2 Å². The molecule has 3 rings (SSSR count). The maximum atomic E-state index is 13.0. The van der Waals surface area contributed by atoms with Crippen molar-refractivity contribution in [3.05, 3.63) is 53.1 Å². The van der Waals surface area contributed by atoms with Gasteiger partial charge in [-0.05, 0) is 37.7 Å². The van der Waals surface area contributed by atoms with E-state index in [1.807, 2.05) is 18.9 Å². The van der Waals surface area contributed by atoms with Crippen LogP contribution >= 0.6 is 0 Å². The number of carbonyl (C=O) groups is 1. The maximum absolute atomic E-state index is 13.0. The van der Waals surface area contributed by atoms with E-state index >= 15 is 0 Å². The zero-order chi connectivity index (χ0) is 17.8. The minimum absolute atomic E-state index is 0.0663. The first-order valence-corrected chi connectivity index (χ1v) is 8.33. The van der Waals surface area contributed by atoms with E-state index in [-0.39, 0.29) is 11.7 Å². The first kappa shape index (κ1) is 17.3. The van der Waals surface area contributed by atoms with Gasteiger partial charge in [0.05, 0.1) is 0 Å². The molecule has 0 atom stereocenters. The second kappa shape index (κ2) is 7.57. The van der Waals surface area contributed by atoms with Gasteiger partial charge in [-0.3, -0.25) is 4.79 Å². The second-order valence-corrected chi connectivity index (χ2v) is 6.29. The van der Waals surface area contributed by atoms with Crippen molar-refractivity contribution in [1.29, 1.82) is 0 Å². The molecule has 1 saturated heterocycles. The summed E-state index contributed by atoms with van der Waals surface area (Å²) < 4.78 is 13.0. The topological polar surface area (TPSA) is 61.4 Å². The van der Waals surface area contributed by atoms with Crippen molar-refractivity contribution in [2.45, 2.75) is 13.5 Å². The van der Waals surface area contributed by atoms with Crippen molar-refractivity contribution in [3.8, 4) is 0 Å². The average Bonchev–Trinajstić information content (AvgIpc) is 2.61. The lowest BCUT2D eigenvalue weighted by Crippen LogP contribution is -2.47. The van der Waals surface area contributed by atoms with Gasteiger partial charge in [-0.25, -0.2) is 14.4 Å². The number of aryl methyl sites for hydroxylation is 1. The van der Waals surface area contributed by atoms with Crippen molar-refractivity contribution in [1.82, 2.24) is 19.8 Å². The number of carbonyl (C=O) groups excluding carboxylic acids is 1. The van der Waals surface area contributed by atoms with Gasteiger partial charge in [0.25, 0.3) is 5.91 Å². The Morgan fingerprint density at radius 3 is 2.52 bits per heavy atom. The van der Waals surface area contributed by atoms with Gasteiger partial charge in [-0.15, -0.1) is 0 Å². The van der Waals surface area contributed by atoms with Crippen LogP contribution in [0.4, 0.5) is 10.3 Å². The lowest BCUT2D eigenvalue weighted by atomic mass is 10.2. The Morgan fingerprint density at radius 2 is 1.84 bits per heavy atom. The van der Waals surface area contributed by atoms with E-state index in [2.05, 4.69) is 20.2 Å². The minimum Gasteiger partial charge on any atom is -0.350 e. The van der Waals surface area contributed by atoms with Gasteiger partial charge in [-0.1, -0.05) is 12.1 Å². The van der Waals surface area contributed by atoms with E-state index in [1.165, 1.54) is 12.1 Å². The third-order valence-electron chi connectivity index (χ3n) is 4.23. The fourth-order valence-electron chi connectivity index (χ4n) is 2.71. The van der Waals surface area contributed by atoms with E-state index in [4.69, 9.17) is 0 Å². The number of nitrogens with zero attached hydrogens (tertiary/aromatic N) is 4. The highest BCUT2D eigenvalue weighted by Gasteiger charge is 2.22. The molecule has 0 aliphatic carbocycles.